The van der Waals surface area contributed by atoms with Gasteiger partial charge in [0, 0.05) is 12.6 Å². The van der Waals surface area contributed by atoms with Crippen LogP contribution in [-0.2, 0) is 13.1 Å². The fraction of sp³-hybridized carbons (Fsp3) is 0.750. The van der Waals surface area contributed by atoms with E-state index in [1.54, 1.807) is 0 Å². The summed E-state index contributed by atoms with van der Waals surface area (Å²) in [6, 6.07) is 2.92. The van der Waals surface area contributed by atoms with Crippen molar-refractivity contribution in [3.8, 4) is 0 Å². The van der Waals surface area contributed by atoms with Gasteiger partial charge in [-0.3, -0.25) is 4.90 Å². The fourth-order valence-electron chi connectivity index (χ4n) is 2.50. The summed E-state index contributed by atoms with van der Waals surface area (Å²) in [5.41, 5.74) is 1.60. The van der Waals surface area contributed by atoms with Crippen LogP contribution in [0.25, 0.3) is 0 Å². The van der Waals surface area contributed by atoms with Crippen LogP contribution in [-0.4, -0.2) is 24.5 Å². The molecule has 1 aromatic heterocycles. The minimum absolute atomic E-state index is 0.326. The fourth-order valence-corrected chi connectivity index (χ4v) is 2.50. The minimum atomic E-state index is 0.326. The molecule has 108 valence electrons. The van der Waals surface area contributed by atoms with E-state index < -0.39 is 0 Å². The van der Waals surface area contributed by atoms with Crippen molar-refractivity contribution in [1.29, 1.82) is 0 Å². The Hall–Kier alpha value is -0.800. The van der Waals surface area contributed by atoms with Crippen LogP contribution in [0.4, 0.5) is 0 Å². The summed E-state index contributed by atoms with van der Waals surface area (Å²) >= 11 is 0. The molecule has 1 aliphatic rings. The summed E-state index contributed by atoms with van der Waals surface area (Å²) in [6.07, 6.45) is 2.64. The third-order valence-electron chi connectivity index (χ3n) is 3.37. The molecule has 1 aliphatic carbocycles. The van der Waals surface area contributed by atoms with Crippen LogP contribution in [0.5, 0.6) is 0 Å². The smallest absolute Gasteiger partial charge is 0.120 e. The highest BCUT2D eigenvalue weighted by molar-refractivity contribution is 5.20. The van der Waals surface area contributed by atoms with Gasteiger partial charge in [-0.15, -0.1) is 0 Å². The van der Waals surface area contributed by atoms with E-state index in [2.05, 4.69) is 51.0 Å². The second-order valence-electron chi connectivity index (χ2n) is 7.21. The summed E-state index contributed by atoms with van der Waals surface area (Å²) in [5, 5.41) is 3.51. The average Bonchev–Trinajstić information content (AvgIpc) is 2.99. The molecule has 2 rings (SSSR count). The summed E-state index contributed by atoms with van der Waals surface area (Å²) in [6.45, 7) is 11.8. The molecular formula is C16H28N2O. The van der Waals surface area contributed by atoms with Crippen LogP contribution >= 0.6 is 0 Å². The molecule has 0 radical (unpaired) electrons. The highest BCUT2D eigenvalue weighted by atomic mass is 16.3. The van der Waals surface area contributed by atoms with Gasteiger partial charge in [-0.25, -0.2) is 0 Å². The lowest BCUT2D eigenvalue weighted by Gasteiger charge is -2.25. The maximum atomic E-state index is 5.97. The quantitative estimate of drug-likeness (QED) is 0.854. The summed E-state index contributed by atoms with van der Waals surface area (Å²) in [5.74, 6) is 2.18. The van der Waals surface area contributed by atoms with Crippen LogP contribution in [0.1, 0.15) is 50.7 Å². The number of rotatable bonds is 6. The van der Waals surface area contributed by atoms with Crippen molar-refractivity contribution in [1.82, 2.24) is 10.2 Å². The first-order chi connectivity index (χ1) is 8.83. The van der Waals surface area contributed by atoms with Crippen molar-refractivity contribution in [3.63, 3.8) is 0 Å². The molecule has 1 fully saturated rings. The predicted octanol–water partition coefficient (Wildman–Crippen LogP) is 3.32. The van der Waals surface area contributed by atoms with E-state index >= 15 is 0 Å². The lowest BCUT2D eigenvalue weighted by molar-refractivity contribution is 0.206. The summed E-state index contributed by atoms with van der Waals surface area (Å²) in [7, 11) is 2.16. The first-order valence-electron chi connectivity index (χ1n) is 7.33. The number of furan rings is 1. The Bertz CT molecular complexity index is 413. The zero-order valence-electron chi connectivity index (χ0n) is 13.0. The Labute approximate surface area is 117 Å². The van der Waals surface area contributed by atoms with E-state index in [0.29, 0.717) is 5.41 Å². The van der Waals surface area contributed by atoms with Gasteiger partial charge in [0.05, 0.1) is 13.1 Å². The average molecular weight is 264 g/mol. The van der Waals surface area contributed by atoms with Gasteiger partial charge in [0.25, 0.3) is 0 Å². The van der Waals surface area contributed by atoms with Crippen molar-refractivity contribution >= 4 is 0 Å². The molecule has 0 amide bonds. The van der Waals surface area contributed by atoms with Crippen molar-refractivity contribution in [3.05, 3.63) is 23.2 Å². The first kappa shape index (κ1) is 14.6. The zero-order valence-corrected chi connectivity index (χ0v) is 13.0. The van der Waals surface area contributed by atoms with Gasteiger partial charge in [0.2, 0.25) is 0 Å². The molecule has 19 heavy (non-hydrogen) atoms. The standard InChI is InChI=1S/C16H28N2O/c1-12-8-14(10-18(5)11-16(2,3)4)19-15(12)9-17-13-6-7-13/h8,13,17H,6-7,9-11H2,1-5H3. The maximum Gasteiger partial charge on any atom is 0.120 e. The number of nitrogens with zero attached hydrogens (tertiary/aromatic N) is 1. The molecule has 1 aromatic rings. The Morgan fingerprint density at radius 2 is 2.05 bits per heavy atom. The molecule has 0 spiro atoms. The molecule has 0 aliphatic heterocycles. The van der Waals surface area contributed by atoms with Gasteiger partial charge in [0.15, 0.2) is 0 Å². The lowest BCUT2D eigenvalue weighted by Crippen LogP contribution is -2.28. The Morgan fingerprint density at radius 3 is 2.63 bits per heavy atom. The van der Waals surface area contributed by atoms with Crippen LogP contribution in [0, 0.1) is 12.3 Å². The Kier molecular flexibility index (Phi) is 4.36. The van der Waals surface area contributed by atoms with E-state index in [0.717, 1.165) is 37.2 Å². The molecule has 1 heterocycles. The van der Waals surface area contributed by atoms with Crippen molar-refractivity contribution in [2.75, 3.05) is 13.6 Å². The van der Waals surface area contributed by atoms with Gasteiger partial charge in [-0.05, 0) is 43.9 Å². The van der Waals surface area contributed by atoms with E-state index in [-0.39, 0.29) is 0 Å². The number of nitrogens with one attached hydrogen (secondary N) is 1. The molecule has 1 N–H and O–H groups in total. The highest BCUT2D eigenvalue weighted by Crippen LogP contribution is 2.22. The van der Waals surface area contributed by atoms with Gasteiger partial charge >= 0.3 is 0 Å². The SMILES string of the molecule is Cc1cc(CN(C)CC(C)(C)C)oc1CNC1CC1. The van der Waals surface area contributed by atoms with Crippen LogP contribution in [0.3, 0.4) is 0 Å². The molecule has 0 saturated heterocycles. The number of hydrogen-bond acceptors (Lipinski definition) is 3. The summed E-state index contributed by atoms with van der Waals surface area (Å²) in [4.78, 5) is 2.33. The Balaban J connectivity index is 1.87. The molecule has 0 bridgehead atoms. The zero-order chi connectivity index (χ0) is 14.0. The second-order valence-corrected chi connectivity index (χ2v) is 7.21. The molecule has 3 heteroatoms. The summed E-state index contributed by atoms with van der Waals surface area (Å²) < 4.78 is 5.97. The minimum Gasteiger partial charge on any atom is -0.463 e. The van der Waals surface area contributed by atoms with Gasteiger partial charge in [-0.2, -0.15) is 0 Å². The molecular weight excluding hydrogens is 236 g/mol. The lowest BCUT2D eigenvalue weighted by atomic mass is 9.96. The monoisotopic (exact) mass is 264 g/mol. The van der Waals surface area contributed by atoms with E-state index in [4.69, 9.17) is 4.42 Å². The highest BCUT2D eigenvalue weighted by Gasteiger charge is 2.21. The number of hydrogen-bond donors (Lipinski definition) is 1. The maximum absolute atomic E-state index is 5.97. The third kappa shape index (κ3) is 5.00. The van der Waals surface area contributed by atoms with Crippen LogP contribution in [0.2, 0.25) is 0 Å². The van der Waals surface area contributed by atoms with Crippen molar-refractivity contribution in [2.24, 2.45) is 5.41 Å². The molecule has 0 aromatic carbocycles. The second kappa shape index (κ2) is 5.68. The van der Waals surface area contributed by atoms with E-state index in [1.165, 1.54) is 18.4 Å². The van der Waals surface area contributed by atoms with Crippen molar-refractivity contribution in [2.45, 2.75) is 59.7 Å². The van der Waals surface area contributed by atoms with E-state index in [9.17, 15) is 0 Å². The van der Waals surface area contributed by atoms with Gasteiger partial charge in [0.1, 0.15) is 11.5 Å². The predicted molar refractivity (Wildman–Crippen MR) is 79.1 cm³/mol. The first-order valence-corrected chi connectivity index (χ1v) is 7.33. The normalized spacial score (nSPS) is 16.3. The Morgan fingerprint density at radius 1 is 1.37 bits per heavy atom. The van der Waals surface area contributed by atoms with Crippen molar-refractivity contribution < 1.29 is 4.42 Å². The van der Waals surface area contributed by atoms with Crippen LogP contribution < -0.4 is 5.32 Å². The van der Waals surface area contributed by atoms with Crippen LogP contribution in [0.15, 0.2) is 10.5 Å². The largest absolute Gasteiger partial charge is 0.463 e. The number of aryl methyl sites for hydroxylation is 1. The third-order valence-corrected chi connectivity index (χ3v) is 3.37. The molecule has 0 unspecified atom stereocenters. The molecule has 0 atom stereocenters. The van der Waals surface area contributed by atoms with Gasteiger partial charge < -0.3 is 9.73 Å². The van der Waals surface area contributed by atoms with Gasteiger partial charge in [-0.1, -0.05) is 20.8 Å². The topological polar surface area (TPSA) is 28.4 Å². The van der Waals surface area contributed by atoms with E-state index in [1.807, 2.05) is 0 Å². The molecule has 3 nitrogen and oxygen atoms in total. The molecule has 1 saturated carbocycles.